The van der Waals surface area contributed by atoms with Crippen LogP contribution >= 0.6 is 0 Å². The molecular weight excluding hydrogens is 318 g/mol. The quantitative estimate of drug-likeness (QED) is 0.789. The van der Waals surface area contributed by atoms with Crippen molar-refractivity contribution in [2.24, 2.45) is 5.92 Å². The van der Waals surface area contributed by atoms with Gasteiger partial charge in [-0.3, -0.25) is 10.1 Å². The Labute approximate surface area is 144 Å². The molecule has 1 aliphatic rings. The summed E-state index contributed by atoms with van der Waals surface area (Å²) in [6.07, 6.45) is 1.56. The zero-order valence-corrected chi connectivity index (χ0v) is 13.7. The molecule has 0 spiro atoms. The number of carbonyl (C=O) groups excluding carboxylic acids is 1. The second-order valence-electron chi connectivity index (χ2n) is 6.05. The maximum atomic E-state index is 12.2. The Morgan fingerprint density at radius 1 is 1.20 bits per heavy atom. The average molecular weight is 335 g/mol. The lowest BCUT2D eigenvalue weighted by Crippen LogP contribution is -2.52. The van der Waals surface area contributed by atoms with Crippen LogP contribution in [0.2, 0.25) is 0 Å². The molecule has 0 bridgehead atoms. The number of carbonyl (C=O) groups is 1. The van der Waals surface area contributed by atoms with Crippen molar-refractivity contribution in [3.63, 3.8) is 0 Å². The maximum Gasteiger partial charge on any atom is 0.233 e. The van der Waals surface area contributed by atoms with Crippen molar-refractivity contribution in [1.82, 2.24) is 15.1 Å². The van der Waals surface area contributed by atoms with Crippen LogP contribution in [-0.4, -0.2) is 34.1 Å². The first kappa shape index (κ1) is 15.3. The van der Waals surface area contributed by atoms with Gasteiger partial charge in [0.2, 0.25) is 11.8 Å². The van der Waals surface area contributed by atoms with Crippen LogP contribution in [0.25, 0.3) is 11.3 Å². The lowest BCUT2D eigenvalue weighted by Gasteiger charge is -2.38. The summed E-state index contributed by atoms with van der Waals surface area (Å²) in [5.74, 6) is 1.05. The SMILES string of the molecule is Cc1cc(NC(=O)C2CN(c3cc(-c4ccccc4)ncn3)C2)on1. The Morgan fingerprint density at radius 2 is 2.00 bits per heavy atom. The molecule has 126 valence electrons. The second kappa shape index (κ2) is 6.35. The minimum Gasteiger partial charge on any atom is -0.355 e. The van der Waals surface area contributed by atoms with Gasteiger partial charge in [0, 0.05) is 30.8 Å². The third-order valence-corrected chi connectivity index (χ3v) is 4.17. The summed E-state index contributed by atoms with van der Waals surface area (Å²) in [6, 6.07) is 13.6. The summed E-state index contributed by atoms with van der Waals surface area (Å²) in [5, 5.41) is 6.50. The van der Waals surface area contributed by atoms with E-state index in [0.29, 0.717) is 19.0 Å². The summed E-state index contributed by atoms with van der Waals surface area (Å²) in [4.78, 5) is 22.9. The van der Waals surface area contributed by atoms with Gasteiger partial charge in [0.25, 0.3) is 0 Å². The Balaban J connectivity index is 1.40. The summed E-state index contributed by atoms with van der Waals surface area (Å²) < 4.78 is 5.01. The summed E-state index contributed by atoms with van der Waals surface area (Å²) in [6.45, 7) is 3.04. The molecule has 3 aromatic rings. The Hall–Kier alpha value is -3.22. The van der Waals surface area contributed by atoms with Crippen LogP contribution in [0.15, 0.2) is 53.3 Å². The fourth-order valence-corrected chi connectivity index (χ4v) is 2.76. The zero-order valence-electron chi connectivity index (χ0n) is 13.7. The topological polar surface area (TPSA) is 84.2 Å². The molecule has 1 aliphatic heterocycles. The van der Waals surface area contributed by atoms with E-state index in [1.165, 1.54) is 0 Å². The number of anilines is 2. The van der Waals surface area contributed by atoms with E-state index in [0.717, 1.165) is 22.8 Å². The first-order valence-electron chi connectivity index (χ1n) is 8.05. The third-order valence-electron chi connectivity index (χ3n) is 4.17. The summed E-state index contributed by atoms with van der Waals surface area (Å²) >= 11 is 0. The fraction of sp³-hybridized carbons (Fsp3) is 0.222. The molecule has 2 aromatic heterocycles. The molecule has 0 unspecified atom stereocenters. The number of nitrogens with one attached hydrogen (secondary N) is 1. The fourth-order valence-electron chi connectivity index (χ4n) is 2.76. The van der Waals surface area contributed by atoms with Crippen LogP contribution in [0.1, 0.15) is 5.69 Å². The van der Waals surface area contributed by atoms with Crippen LogP contribution in [0.4, 0.5) is 11.7 Å². The number of hydrogen-bond acceptors (Lipinski definition) is 6. The van der Waals surface area contributed by atoms with Gasteiger partial charge in [-0.25, -0.2) is 9.97 Å². The number of aromatic nitrogens is 3. The first-order valence-corrected chi connectivity index (χ1v) is 8.05. The van der Waals surface area contributed by atoms with E-state index in [1.807, 2.05) is 43.3 Å². The smallest absolute Gasteiger partial charge is 0.233 e. The van der Waals surface area contributed by atoms with Crippen LogP contribution in [0.3, 0.4) is 0 Å². The molecule has 0 atom stereocenters. The zero-order chi connectivity index (χ0) is 17.2. The monoisotopic (exact) mass is 335 g/mol. The molecular formula is C18H17N5O2. The van der Waals surface area contributed by atoms with Crippen LogP contribution in [-0.2, 0) is 4.79 Å². The van der Waals surface area contributed by atoms with Crippen LogP contribution in [0, 0.1) is 12.8 Å². The molecule has 25 heavy (non-hydrogen) atoms. The number of amides is 1. The molecule has 1 N–H and O–H groups in total. The van der Waals surface area contributed by atoms with Crippen molar-refractivity contribution in [3.05, 3.63) is 54.5 Å². The minimum absolute atomic E-state index is 0.0651. The van der Waals surface area contributed by atoms with E-state index in [-0.39, 0.29) is 11.8 Å². The van der Waals surface area contributed by atoms with Gasteiger partial charge >= 0.3 is 0 Å². The molecule has 1 fully saturated rings. The lowest BCUT2D eigenvalue weighted by molar-refractivity contribution is -0.120. The van der Waals surface area contributed by atoms with Gasteiger partial charge in [-0.1, -0.05) is 35.5 Å². The summed E-state index contributed by atoms with van der Waals surface area (Å²) in [5.41, 5.74) is 2.65. The molecule has 0 aliphatic carbocycles. The van der Waals surface area contributed by atoms with Gasteiger partial charge in [0.15, 0.2) is 0 Å². The van der Waals surface area contributed by atoms with Crippen molar-refractivity contribution in [2.75, 3.05) is 23.3 Å². The highest BCUT2D eigenvalue weighted by Gasteiger charge is 2.34. The Morgan fingerprint density at radius 3 is 2.72 bits per heavy atom. The van der Waals surface area contributed by atoms with Crippen molar-refractivity contribution in [3.8, 4) is 11.3 Å². The largest absolute Gasteiger partial charge is 0.355 e. The first-order chi connectivity index (χ1) is 12.2. The van der Waals surface area contributed by atoms with Crippen molar-refractivity contribution >= 4 is 17.6 Å². The molecule has 7 heteroatoms. The highest BCUT2D eigenvalue weighted by Crippen LogP contribution is 2.26. The third kappa shape index (κ3) is 3.21. The highest BCUT2D eigenvalue weighted by atomic mass is 16.5. The molecule has 1 aromatic carbocycles. The predicted molar refractivity (Wildman–Crippen MR) is 93.0 cm³/mol. The van der Waals surface area contributed by atoms with Crippen LogP contribution in [0.5, 0.6) is 0 Å². The van der Waals surface area contributed by atoms with Gasteiger partial charge in [0.1, 0.15) is 12.1 Å². The second-order valence-corrected chi connectivity index (χ2v) is 6.05. The molecule has 0 radical (unpaired) electrons. The number of nitrogens with zero attached hydrogens (tertiary/aromatic N) is 4. The normalized spacial score (nSPS) is 14.2. The minimum atomic E-state index is -0.0967. The van der Waals surface area contributed by atoms with E-state index in [2.05, 4.69) is 25.3 Å². The van der Waals surface area contributed by atoms with Crippen molar-refractivity contribution in [1.29, 1.82) is 0 Å². The van der Waals surface area contributed by atoms with Crippen LogP contribution < -0.4 is 10.2 Å². The molecule has 4 rings (SSSR count). The van der Waals surface area contributed by atoms with Crippen molar-refractivity contribution in [2.45, 2.75) is 6.92 Å². The highest BCUT2D eigenvalue weighted by molar-refractivity contribution is 5.93. The Kier molecular flexibility index (Phi) is 3.89. The van der Waals surface area contributed by atoms with E-state index in [4.69, 9.17) is 4.52 Å². The van der Waals surface area contributed by atoms with E-state index >= 15 is 0 Å². The maximum absolute atomic E-state index is 12.2. The van der Waals surface area contributed by atoms with E-state index in [9.17, 15) is 4.79 Å². The van der Waals surface area contributed by atoms with Crippen molar-refractivity contribution < 1.29 is 9.32 Å². The number of rotatable bonds is 4. The molecule has 3 heterocycles. The van der Waals surface area contributed by atoms with Gasteiger partial charge in [-0.05, 0) is 6.92 Å². The summed E-state index contributed by atoms with van der Waals surface area (Å²) in [7, 11) is 0. The number of aryl methyl sites for hydroxylation is 1. The van der Waals surface area contributed by atoms with Gasteiger partial charge < -0.3 is 9.42 Å². The van der Waals surface area contributed by atoms with E-state index < -0.39 is 0 Å². The number of benzene rings is 1. The molecule has 7 nitrogen and oxygen atoms in total. The van der Waals surface area contributed by atoms with Gasteiger partial charge in [0.05, 0.1) is 17.3 Å². The van der Waals surface area contributed by atoms with Gasteiger partial charge in [-0.2, -0.15) is 0 Å². The standard InChI is InChI=1S/C18H17N5O2/c1-12-7-17(25-22-12)21-18(24)14-9-23(10-14)16-8-15(19-11-20-16)13-5-3-2-4-6-13/h2-8,11,14H,9-10H2,1H3,(H,21,24). The Bertz CT molecular complexity index is 887. The molecule has 1 amide bonds. The molecule has 1 saturated heterocycles. The van der Waals surface area contributed by atoms with Gasteiger partial charge in [-0.15, -0.1) is 0 Å². The average Bonchev–Trinajstić information content (AvgIpc) is 2.99. The predicted octanol–water partition coefficient (Wildman–Crippen LogP) is 2.51. The number of hydrogen-bond donors (Lipinski definition) is 1. The lowest BCUT2D eigenvalue weighted by atomic mass is 9.99. The van der Waals surface area contributed by atoms with E-state index in [1.54, 1.807) is 12.4 Å². The molecule has 0 saturated carbocycles.